The van der Waals surface area contributed by atoms with Crippen molar-refractivity contribution in [2.75, 3.05) is 32.8 Å². The molecule has 1 aromatic rings. The van der Waals surface area contributed by atoms with Crippen LogP contribution in [0.5, 0.6) is 5.75 Å². The molecule has 6 nitrogen and oxygen atoms in total. The third kappa shape index (κ3) is 4.85. The number of hydrogen-bond donors (Lipinski definition) is 0. The van der Waals surface area contributed by atoms with E-state index in [-0.39, 0.29) is 17.9 Å². The molecule has 2 saturated heterocycles. The minimum Gasteiger partial charge on any atom is -0.493 e. The van der Waals surface area contributed by atoms with Gasteiger partial charge in [-0.2, -0.15) is 0 Å². The molecule has 0 radical (unpaired) electrons. The Bertz CT molecular complexity index is 860. The second-order valence-corrected chi connectivity index (χ2v) is 10.2. The van der Waals surface area contributed by atoms with Crippen LogP contribution >= 0.6 is 0 Å². The van der Waals surface area contributed by atoms with E-state index >= 15 is 0 Å². The smallest absolute Gasteiger partial charge is 0.277 e. The van der Waals surface area contributed by atoms with Gasteiger partial charge in [-0.25, -0.2) is 0 Å². The van der Waals surface area contributed by atoms with Gasteiger partial charge < -0.3 is 14.4 Å². The van der Waals surface area contributed by atoms with Crippen molar-refractivity contribution < 1.29 is 19.1 Å². The van der Waals surface area contributed by atoms with Crippen LogP contribution in [0.25, 0.3) is 5.57 Å². The van der Waals surface area contributed by atoms with Gasteiger partial charge in [-0.1, -0.05) is 39.8 Å². The molecule has 3 atom stereocenters. The molecule has 0 aromatic heterocycles. The lowest BCUT2D eigenvalue weighted by atomic mass is 9.91. The molecule has 4 rings (SSSR count). The zero-order chi connectivity index (χ0) is 22.8. The summed E-state index contributed by atoms with van der Waals surface area (Å²) in [6.45, 7) is 11.9. The van der Waals surface area contributed by atoms with E-state index in [1.54, 1.807) is 0 Å². The zero-order valence-electron chi connectivity index (χ0n) is 19.8. The maximum Gasteiger partial charge on any atom is 0.277 e. The molecule has 0 N–H and O–H groups in total. The number of amides is 2. The third-order valence-corrected chi connectivity index (χ3v) is 6.47. The van der Waals surface area contributed by atoms with Crippen molar-refractivity contribution in [1.29, 1.82) is 0 Å². The van der Waals surface area contributed by atoms with Gasteiger partial charge in [-0.15, -0.1) is 0 Å². The molecule has 32 heavy (non-hydrogen) atoms. The first-order valence-corrected chi connectivity index (χ1v) is 12.0. The molecule has 0 spiro atoms. The molecule has 1 aromatic carbocycles. The van der Waals surface area contributed by atoms with Crippen molar-refractivity contribution in [3.8, 4) is 5.75 Å². The largest absolute Gasteiger partial charge is 0.493 e. The van der Waals surface area contributed by atoms with E-state index in [4.69, 9.17) is 9.47 Å². The number of carbonyl (C=O) groups is 2. The topological polar surface area (TPSA) is 59.1 Å². The van der Waals surface area contributed by atoms with E-state index in [2.05, 4.69) is 32.6 Å². The van der Waals surface area contributed by atoms with Crippen LogP contribution in [0, 0.1) is 17.8 Å². The third-order valence-electron chi connectivity index (χ3n) is 6.47. The predicted molar refractivity (Wildman–Crippen MR) is 124 cm³/mol. The number of imide groups is 1. The van der Waals surface area contributed by atoms with Gasteiger partial charge in [0.2, 0.25) is 0 Å². The molecule has 3 heterocycles. The van der Waals surface area contributed by atoms with Gasteiger partial charge in [0.1, 0.15) is 11.4 Å². The number of rotatable bonds is 7. The summed E-state index contributed by atoms with van der Waals surface area (Å²) in [5.74, 6) is 1.79. The Kier molecular flexibility index (Phi) is 6.89. The maximum atomic E-state index is 13.6. The molecular formula is C26H36N2O4. The fourth-order valence-corrected chi connectivity index (χ4v) is 5.10. The molecule has 0 saturated carbocycles. The fraction of sp³-hybridized carbons (Fsp3) is 0.615. The maximum absolute atomic E-state index is 13.6. The Morgan fingerprint density at radius 1 is 1.06 bits per heavy atom. The zero-order valence-corrected chi connectivity index (χ0v) is 19.8. The second kappa shape index (κ2) is 9.65. The van der Waals surface area contributed by atoms with Gasteiger partial charge >= 0.3 is 0 Å². The van der Waals surface area contributed by atoms with Crippen molar-refractivity contribution in [3.63, 3.8) is 0 Å². The van der Waals surface area contributed by atoms with Gasteiger partial charge in [0.15, 0.2) is 0 Å². The molecule has 174 valence electrons. The van der Waals surface area contributed by atoms with E-state index in [9.17, 15) is 9.59 Å². The van der Waals surface area contributed by atoms with Crippen LogP contribution in [-0.2, 0) is 14.3 Å². The van der Waals surface area contributed by atoms with E-state index < -0.39 is 0 Å². The highest BCUT2D eigenvalue weighted by Gasteiger charge is 2.43. The summed E-state index contributed by atoms with van der Waals surface area (Å²) >= 11 is 0. The number of benzene rings is 1. The number of ether oxygens (including phenoxy) is 2. The number of nitrogens with zero attached hydrogens (tertiary/aromatic N) is 2. The Morgan fingerprint density at radius 3 is 2.34 bits per heavy atom. The van der Waals surface area contributed by atoms with Crippen LogP contribution in [0.4, 0.5) is 0 Å². The van der Waals surface area contributed by atoms with E-state index in [0.717, 1.165) is 43.7 Å². The van der Waals surface area contributed by atoms with Crippen molar-refractivity contribution in [2.45, 2.75) is 53.1 Å². The summed E-state index contributed by atoms with van der Waals surface area (Å²) in [5.41, 5.74) is 1.85. The first-order chi connectivity index (χ1) is 15.3. The average Bonchev–Trinajstić information content (AvgIpc) is 3.34. The molecule has 0 aliphatic carbocycles. The summed E-state index contributed by atoms with van der Waals surface area (Å²) < 4.78 is 11.5. The molecule has 6 heteroatoms. The summed E-state index contributed by atoms with van der Waals surface area (Å²) in [5, 5.41) is 0. The number of likely N-dealkylation sites (tertiary alicyclic amines) is 1. The summed E-state index contributed by atoms with van der Waals surface area (Å²) in [6, 6.07) is 7.60. The summed E-state index contributed by atoms with van der Waals surface area (Å²) in [4.78, 5) is 30.7. The molecule has 3 aliphatic heterocycles. The van der Waals surface area contributed by atoms with E-state index in [1.807, 2.05) is 24.3 Å². The minimum absolute atomic E-state index is 0.0606. The Balaban J connectivity index is 1.65. The highest BCUT2D eigenvalue weighted by atomic mass is 16.5. The van der Waals surface area contributed by atoms with Gasteiger partial charge in [0.25, 0.3) is 11.8 Å². The van der Waals surface area contributed by atoms with Gasteiger partial charge in [0, 0.05) is 19.7 Å². The van der Waals surface area contributed by atoms with Gasteiger partial charge in [-0.05, 0) is 54.7 Å². The normalized spacial score (nSPS) is 26.6. The standard InChI is InChI=1S/C26H36N2O4/c1-17(2)16-32-21-9-7-20(8-10-21)23-24(27-13-18(3)12-19(4)14-27)26(30)28(25(23)29)15-22-6-5-11-31-22/h7-10,17-19,22H,5-6,11-16H2,1-4H3. The van der Waals surface area contributed by atoms with Gasteiger partial charge in [-0.3, -0.25) is 14.5 Å². The van der Waals surface area contributed by atoms with E-state index in [0.29, 0.717) is 48.8 Å². The van der Waals surface area contributed by atoms with E-state index in [1.165, 1.54) is 4.90 Å². The Hall–Kier alpha value is -2.34. The Labute approximate surface area is 191 Å². The van der Waals surface area contributed by atoms with Gasteiger partial charge in [0.05, 0.1) is 24.8 Å². The summed E-state index contributed by atoms with van der Waals surface area (Å²) in [6.07, 6.45) is 2.95. The Morgan fingerprint density at radius 2 is 1.75 bits per heavy atom. The monoisotopic (exact) mass is 440 g/mol. The van der Waals surface area contributed by atoms with Crippen LogP contribution in [0.3, 0.4) is 0 Å². The lowest BCUT2D eigenvalue weighted by Gasteiger charge is -2.37. The molecule has 2 fully saturated rings. The quantitative estimate of drug-likeness (QED) is 0.601. The molecule has 3 aliphatic rings. The van der Waals surface area contributed by atoms with Crippen LogP contribution in [-0.4, -0.2) is 60.6 Å². The minimum atomic E-state index is -0.206. The molecule has 0 bridgehead atoms. The lowest BCUT2D eigenvalue weighted by Crippen LogP contribution is -2.43. The van der Waals surface area contributed by atoms with Crippen molar-refractivity contribution >= 4 is 17.4 Å². The highest BCUT2D eigenvalue weighted by Crippen LogP contribution is 2.36. The molecular weight excluding hydrogens is 404 g/mol. The summed E-state index contributed by atoms with van der Waals surface area (Å²) in [7, 11) is 0. The van der Waals surface area contributed by atoms with Crippen LogP contribution in [0.1, 0.15) is 52.5 Å². The number of piperidine rings is 1. The van der Waals surface area contributed by atoms with Crippen molar-refractivity contribution in [2.24, 2.45) is 17.8 Å². The van der Waals surface area contributed by atoms with Crippen LogP contribution in [0.15, 0.2) is 30.0 Å². The SMILES string of the molecule is CC(C)COc1ccc(C2=C(N3CC(C)CC(C)C3)C(=O)N(CC3CCCO3)C2=O)cc1. The van der Waals surface area contributed by atoms with Crippen molar-refractivity contribution in [3.05, 3.63) is 35.5 Å². The number of carbonyl (C=O) groups excluding carboxylic acids is 2. The molecule has 3 unspecified atom stereocenters. The van der Waals surface area contributed by atoms with Crippen molar-refractivity contribution in [1.82, 2.24) is 9.80 Å². The second-order valence-electron chi connectivity index (χ2n) is 10.2. The average molecular weight is 441 g/mol. The van der Waals surface area contributed by atoms with Crippen LogP contribution in [0.2, 0.25) is 0 Å². The highest BCUT2D eigenvalue weighted by molar-refractivity contribution is 6.35. The lowest BCUT2D eigenvalue weighted by molar-refractivity contribution is -0.139. The molecule has 2 amide bonds. The van der Waals surface area contributed by atoms with Crippen LogP contribution < -0.4 is 4.74 Å². The first-order valence-electron chi connectivity index (χ1n) is 12.0. The first kappa shape index (κ1) is 22.8. The number of hydrogen-bond acceptors (Lipinski definition) is 5. The predicted octanol–water partition coefficient (Wildman–Crippen LogP) is 3.96. The fourth-order valence-electron chi connectivity index (χ4n) is 5.10.